The third-order valence-electron chi connectivity index (χ3n) is 4.02. The average molecular weight is 378 g/mol. The molecule has 0 unspecified atom stereocenters. The number of ether oxygens (including phenoxy) is 2. The Morgan fingerprint density at radius 3 is 2.67 bits per heavy atom. The van der Waals surface area contributed by atoms with E-state index in [4.69, 9.17) is 9.47 Å². The highest BCUT2D eigenvalue weighted by molar-refractivity contribution is 5.92. The van der Waals surface area contributed by atoms with Crippen molar-refractivity contribution in [2.75, 3.05) is 25.1 Å². The van der Waals surface area contributed by atoms with Gasteiger partial charge in [-0.15, -0.1) is 0 Å². The van der Waals surface area contributed by atoms with Gasteiger partial charge in [0.05, 0.1) is 12.2 Å². The molecular formula is C18H20F2N4O3. The highest BCUT2D eigenvalue weighted by Crippen LogP contribution is 2.35. The summed E-state index contributed by atoms with van der Waals surface area (Å²) in [6, 6.07) is 2.23. The van der Waals surface area contributed by atoms with Crippen molar-refractivity contribution in [2.24, 2.45) is 0 Å². The van der Waals surface area contributed by atoms with Crippen LogP contribution < -0.4 is 5.32 Å². The molecule has 1 aliphatic heterocycles. The second kappa shape index (κ2) is 8.26. The smallest absolute Gasteiger partial charge is 0.338 e. The fraction of sp³-hybridized carbons (Fsp3) is 0.389. The standard InChI is InChI=1S/C18H20F2N4O3/c1-3-4-26-5-6-27-17(25)15-11(2)23-18-21-10-22-24(18)16(15)12-7-13(19)9-14(20)8-12/h7-10,16H,3-6H2,1-2H3,(H,21,22,23)/t16-/m1/s1. The fourth-order valence-electron chi connectivity index (χ4n) is 2.91. The Labute approximate surface area is 155 Å². The van der Waals surface area contributed by atoms with Crippen molar-refractivity contribution in [1.82, 2.24) is 14.8 Å². The largest absolute Gasteiger partial charge is 0.460 e. The van der Waals surface area contributed by atoms with Crippen LogP contribution in [-0.2, 0) is 14.3 Å². The third kappa shape index (κ3) is 4.13. The van der Waals surface area contributed by atoms with E-state index in [1.54, 1.807) is 6.92 Å². The first-order valence-electron chi connectivity index (χ1n) is 8.59. The highest BCUT2D eigenvalue weighted by atomic mass is 19.1. The molecular weight excluding hydrogens is 358 g/mol. The van der Waals surface area contributed by atoms with Crippen molar-refractivity contribution in [3.05, 3.63) is 53.0 Å². The molecule has 27 heavy (non-hydrogen) atoms. The molecule has 0 bridgehead atoms. The number of halogens is 2. The van der Waals surface area contributed by atoms with Gasteiger partial charge >= 0.3 is 5.97 Å². The van der Waals surface area contributed by atoms with Crippen LogP contribution in [0.25, 0.3) is 0 Å². The number of carbonyl (C=O) groups is 1. The number of nitrogens with one attached hydrogen (secondary N) is 1. The minimum absolute atomic E-state index is 0.0735. The van der Waals surface area contributed by atoms with Gasteiger partial charge in [-0.05, 0) is 31.0 Å². The van der Waals surface area contributed by atoms with Gasteiger partial charge in [0.25, 0.3) is 0 Å². The highest BCUT2D eigenvalue weighted by Gasteiger charge is 2.34. The average Bonchev–Trinajstić information content (AvgIpc) is 3.07. The van der Waals surface area contributed by atoms with Gasteiger partial charge < -0.3 is 14.8 Å². The zero-order chi connectivity index (χ0) is 19.4. The molecule has 1 N–H and O–H groups in total. The van der Waals surface area contributed by atoms with Crippen molar-refractivity contribution >= 4 is 11.9 Å². The van der Waals surface area contributed by atoms with Crippen LogP contribution in [0.2, 0.25) is 0 Å². The van der Waals surface area contributed by atoms with Gasteiger partial charge in [-0.2, -0.15) is 10.1 Å². The number of benzene rings is 1. The normalized spacial score (nSPS) is 16.1. The lowest BCUT2D eigenvalue weighted by Gasteiger charge is -2.28. The van der Waals surface area contributed by atoms with E-state index in [0.717, 1.165) is 24.6 Å². The maximum Gasteiger partial charge on any atom is 0.338 e. The first kappa shape index (κ1) is 19.0. The first-order valence-corrected chi connectivity index (χ1v) is 8.59. The maximum atomic E-state index is 13.8. The van der Waals surface area contributed by atoms with E-state index in [1.807, 2.05) is 6.92 Å². The Morgan fingerprint density at radius 1 is 1.22 bits per heavy atom. The summed E-state index contributed by atoms with van der Waals surface area (Å²) >= 11 is 0. The molecule has 1 aromatic carbocycles. The van der Waals surface area contributed by atoms with Crippen LogP contribution in [0.1, 0.15) is 31.9 Å². The Balaban J connectivity index is 1.91. The molecule has 0 fully saturated rings. The van der Waals surface area contributed by atoms with E-state index in [2.05, 4.69) is 15.4 Å². The SMILES string of the molecule is CCCOCCOC(=O)C1=C(C)Nc2ncnn2[C@@H]1c1cc(F)cc(F)c1. The summed E-state index contributed by atoms with van der Waals surface area (Å²) < 4.78 is 39.5. The van der Waals surface area contributed by atoms with Crippen LogP contribution in [0, 0.1) is 11.6 Å². The van der Waals surface area contributed by atoms with Crippen LogP contribution in [0.3, 0.4) is 0 Å². The van der Waals surface area contributed by atoms with Gasteiger partial charge in [-0.25, -0.2) is 18.3 Å². The summed E-state index contributed by atoms with van der Waals surface area (Å²) in [4.78, 5) is 16.8. The van der Waals surface area contributed by atoms with Crippen molar-refractivity contribution in [3.63, 3.8) is 0 Å². The number of fused-ring (bicyclic) bond motifs is 1. The molecule has 0 saturated heterocycles. The number of nitrogens with zero attached hydrogens (tertiary/aromatic N) is 3. The Bertz CT molecular complexity index is 846. The van der Waals surface area contributed by atoms with Gasteiger partial charge in [0, 0.05) is 18.4 Å². The van der Waals surface area contributed by atoms with Crippen LogP contribution in [0.15, 0.2) is 35.8 Å². The maximum absolute atomic E-state index is 13.8. The van der Waals surface area contributed by atoms with Crippen LogP contribution >= 0.6 is 0 Å². The second-order valence-electron chi connectivity index (χ2n) is 6.05. The Hall–Kier alpha value is -2.81. The molecule has 0 radical (unpaired) electrons. The van der Waals surface area contributed by atoms with Crippen molar-refractivity contribution < 1.29 is 23.0 Å². The van der Waals surface area contributed by atoms with Crippen molar-refractivity contribution in [2.45, 2.75) is 26.3 Å². The van der Waals surface area contributed by atoms with E-state index in [9.17, 15) is 13.6 Å². The van der Waals surface area contributed by atoms with E-state index in [0.29, 0.717) is 18.3 Å². The van der Waals surface area contributed by atoms with Gasteiger partial charge in [-0.3, -0.25) is 0 Å². The molecule has 0 saturated carbocycles. The van der Waals surface area contributed by atoms with E-state index < -0.39 is 23.6 Å². The monoisotopic (exact) mass is 378 g/mol. The number of hydrogen-bond donors (Lipinski definition) is 1. The molecule has 1 aromatic heterocycles. The molecule has 3 rings (SSSR count). The molecule has 7 nitrogen and oxygen atoms in total. The summed E-state index contributed by atoms with van der Waals surface area (Å²) in [6.07, 6.45) is 2.16. The van der Waals surface area contributed by atoms with Gasteiger partial charge in [-0.1, -0.05) is 6.92 Å². The first-order chi connectivity index (χ1) is 13.0. The van der Waals surface area contributed by atoms with Crippen molar-refractivity contribution in [1.29, 1.82) is 0 Å². The number of aromatic nitrogens is 3. The van der Waals surface area contributed by atoms with E-state index in [1.165, 1.54) is 11.0 Å². The molecule has 2 heterocycles. The minimum Gasteiger partial charge on any atom is -0.460 e. The molecule has 0 spiro atoms. The molecule has 2 aromatic rings. The van der Waals surface area contributed by atoms with Gasteiger partial charge in [0.1, 0.15) is 30.6 Å². The molecule has 0 amide bonds. The molecule has 1 atom stereocenters. The zero-order valence-corrected chi connectivity index (χ0v) is 15.0. The lowest BCUT2D eigenvalue weighted by Crippen LogP contribution is -2.30. The van der Waals surface area contributed by atoms with Crippen LogP contribution in [0.5, 0.6) is 0 Å². The summed E-state index contributed by atoms with van der Waals surface area (Å²) in [6.45, 7) is 4.57. The Morgan fingerprint density at radius 2 is 1.96 bits per heavy atom. The van der Waals surface area contributed by atoms with Crippen molar-refractivity contribution in [3.8, 4) is 0 Å². The predicted octanol–water partition coefficient (Wildman–Crippen LogP) is 2.82. The second-order valence-corrected chi connectivity index (χ2v) is 6.05. The number of esters is 1. The third-order valence-corrected chi connectivity index (χ3v) is 4.02. The lowest BCUT2D eigenvalue weighted by molar-refractivity contribution is -0.141. The summed E-state index contributed by atoms with van der Waals surface area (Å²) in [5.74, 6) is -1.74. The summed E-state index contributed by atoms with van der Waals surface area (Å²) in [7, 11) is 0. The molecule has 0 aliphatic carbocycles. The Kier molecular flexibility index (Phi) is 5.80. The van der Waals surface area contributed by atoms with Crippen LogP contribution in [-0.4, -0.2) is 40.6 Å². The topological polar surface area (TPSA) is 78.3 Å². The zero-order valence-electron chi connectivity index (χ0n) is 15.0. The minimum atomic E-state index is -0.863. The van der Waals surface area contributed by atoms with E-state index in [-0.39, 0.29) is 24.4 Å². The molecule has 144 valence electrons. The van der Waals surface area contributed by atoms with Gasteiger partial charge in [0.15, 0.2) is 0 Å². The van der Waals surface area contributed by atoms with Gasteiger partial charge in [0.2, 0.25) is 5.95 Å². The summed E-state index contributed by atoms with van der Waals surface area (Å²) in [5.41, 5.74) is 0.910. The number of anilines is 1. The quantitative estimate of drug-likeness (QED) is 0.590. The van der Waals surface area contributed by atoms with Crippen LogP contribution in [0.4, 0.5) is 14.7 Å². The number of carbonyl (C=O) groups excluding carboxylic acids is 1. The number of rotatable bonds is 7. The molecule has 1 aliphatic rings. The number of allylic oxidation sites excluding steroid dienone is 1. The fourth-order valence-corrected chi connectivity index (χ4v) is 2.91. The lowest BCUT2D eigenvalue weighted by atomic mass is 9.95. The van der Waals surface area contributed by atoms with E-state index >= 15 is 0 Å². The predicted molar refractivity (Wildman–Crippen MR) is 92.9 cm³/mol. The molecule has 9 heteroatoms. The summed E-state index contributed by atoms with van der Waals surface area (Å²) in [5, 5.41) is 7.05. The number of hydrogen-bond acceptors (Lipinski definition) is 6.